The van der Waals surface area contributed by atoms with Crippen LogP contribution in [0.4, 0.5) is 5.13 Å². The minimum absolute atomic E-state index is 0.219. The second kappa shape index (κ2) is 9.47. The molecule has 0 saturated carbocycles. The van der Waals surface area contributed by atoms with Gasteiger partial charge >= 0.3 is 0 Å². The van der Waals surface area contributed by atoms with E-state index in [-0.39, 0.29) is 10.8 Å². The lowest BCUT2D eigenvalue weighted by Gasteiger charge is -2.42. The van der Waals surface area contributed by atoms with Crippen LogP contribution in [-0.4, -0.2) is 54.0 Å². The van der Waals surface area contributed by atoms with Crippen molar-refractivity contribution in [3.8, 4) is 11.3 Å². The molecule has 2 aromatic rings. The summed E-state index contributed by atoms with van der Waals surface area (Å²) in [5.74, 6) is 0. The zero-order valence-electron chi connectivity index (χ0n) is 20.2. The first-order valence-corrected chi connectivity index (χ1v) is 14.0. The van der Waals surface area contributed by atoms with Crippen molar-refractivity contribution >= 4 is 33.3 Å². The van der Waals surface area contributed by atoms with Gasteiger partial charge in [0.05, 0.1) is 5.69 Å². The summed E-state index contributed by atoms with van der Waals surface area (Å²) in [6.07, 6.45) is 6.00. The van der Waals surface area contributed by atoms with Crippen molar-refractivity contribution in [3.05, 3.63) is 34.7 Å². The second-order valence-corrected chi connectivity index (χ2v) is 12.3. The van der Waals surface area contributed by atoms with Crippen molar-refractivity contribution in [2.45, 2.75) is 64.2 Å². The molecule has 0 bridgehead atoms. The lowest BCUT2D eigenvalue weighted by molar-refractivity contribution is -0.111. The number of piperazine rings is 1. The molecular formula is C26H37N3OS2. The van der Waals surface area contributed by atoms with Crippen LogP contribution in [0.1, 0.15) is 64.5 Å². The highest BCUT2D eigenvalue weighted by Crippen LogP contribution is 2.46. The number of anilines is 1. The third-order valence-electron chi connectivity index (χ3n) is 7.37. The van der Waals surface area contributed by atoms with Crippen molar-refractivity contribution in [1.82, 2.24) is 9.88 Å². The molecule has 0 atom stereocenters. The topological polar surface area (TPSA) is 36.4 Å². The summed E-state index contributed by atoms with van der Waals surface area (Å²) in [4.78, 5) is 21.4. The number of carbonyl (C=O) groups is 1. The molecule has 32 heavy (non-hydrogen) atoms. The van der Waals surface area contributed by atoms with Crippen LogP contribution in [0.15, 0.2) is 23.6 Å². The summed E-state index contributed by atoms with van der Waals surface area (Å²) in [6.45, 7) is 14.6. The Morgan fingerprint density at radius 1 is 1.06 bits per heavy atom. The number of thiazole rings is 1. The van der Waals surface area contributed by atoms with Crippen LogP contribution < -0.4 is 4.90 Å². The highest BCUT2D eigenvalue weighted by Gasteiger charge is 2.37. The Morgan fingerprint density at radius 2 is 1.75 bits per heavy atom. The van der Waals surface area contributed by atoms with Gasteiger partial charge in [0.15, 0.2) is 10.2 Å². The third-order valence-corrected chi connectivity index (χ3v) is 8.93. The Morgan fingerprint density at radius 3 is 2.44 bits per heavy atom. The predicted octanol–water partition coefficient (Wildman–Crippen LogP) is 5.95. The van der Waals surface area contributed by atoms with Crippen molar-refractivity contribution in [2.75, 3.05) is 43.9 Å². The van der Waals surface area contributed by atoms with Gasteiger partial charge < -0.3 is 4.90 Å². The quantitative estimate of drug-likeness (QED) is 0.520. The van der Waals surface area contributed by atoms with Gasteiger partial charge in [-0.05, 0) is 60.1 Å². The number of thioether (sulfide) groups is 1. The van der Waals surface area contributed by atoms with Gasteiger partial charge in [0, 0.05) is 43.5 Å². The molecule has 2 heterocycles. The number of hydrogen-bond donors (Lipinski definition) is 0. The van der Waals surface area contributed by atoms with Crippen LogP contribution in [0.5, 0.6) is 0 Å². The molecule has 4 rings (SSSR count). The Kier molecular flexibility index (Phi) is 7.04. The monoisotopic (exact) mass is 471 g/mol. The lowest BCUT2D eigenvalue weighted by atomic mass is 9.63. The number of fused-ring (bicyclic) bond motifs is 1. The molecule has 1 saturated heterocycles. The smallest absolute Gasteiger partial charge is 0.188 e. The van der Waals surface area contributed by atoms with E-state index in [1.807, 2.05) is 6.26 Å². The fraction of sp³-hybridized carbons (Fsp3) is 0.615. The zero-order chi connectivity index (χ0) is 22.9. The number of carbonyl (C=O) groups excluding carboxylic acids is 1. The molecule has 0 radical (unpaired) electrons. The Hall–Kier alpha value is -1.37. The largest absolute Gasteiger partial charge is 0.346 e. The van der Waals surface area contributed by atoms with E-state index < -0.39 is 0 Å². The summed E-state index contributed by atoms with van der Waals surface area (Å²) in [6, 6.07) is 7.03. The summed E-state index contributed by atoms with van der Waals surface area (Å²) in [5, 5.41) is 3.65. The van der Waals surface area contributed by atoms with Crippen LogP contribution in [0.3, 0.4) is 0 Å². The maximum Gasteiger partial charge on any atom is 0.188 e. The number of benzene rings is 1. The molecule has 1 aromatic heterocycles. The highest BCUT2D eigenvalue weighted by molar-refractivity contribution is 8.13. The van der Waals surface area contributed by atoms with Gasteiger partial charge in [0.2, 0.25) is 0 Å². The Labute approximate surface area is 201 Å². The molecule has 0 amide bonds. The molecule has 0 spiro atoms. The fourth-order valence-electron chi connectivity index (χ4n) is 5.00. The molecule has 174 valence electrons. The van der Waals surface area contributed by atoms with E-state index in [0.717, 1.165) is 50.0 Å². The fourth-order valence-corrected chi connectivity index (χ4v) is 6.24. The number of aromatic nitrogens is 1. The number of nitrogens with zero attached hydrogens (tertiary/aromatic N) is 3. The van der Waals surface area contributed by atoms with Gasteiger partial charge in [-0.1, -0.05) is 51.6 Å². The van der Waals surface area contributed by atoms with E-state index in [1.165, 1.54) is 41.3 Å². The van der Waals surface area contributed by atoms with E-state index in [0.29, 0.717) is 11.5 Å². The number of hydrogen-bond acceptors (Lipinski definition) is 6. The Balaban J connectivity index is 1.41. The van der Waals surface area contributed by atoms with Gasteiger partial charge in [-0.2, -0.15) is 0 Å². The summed E-state index contributed by atoms with van der Waals surface area (Å²) in [7, 11) is 0. The highest BCUT2D eigenvalue weighted by atomic mass is 32.2. The molecule has 4 nitrogen and oxygen atoms in total. The molecule has 1 aliphatic carbocycles. The first kappa shape index (κ1) is 23.8. The second-order valence-electron chi connectivity index (χ2n) is 10.6. The van der Waals surface area contributed by atoms with Crippen LogP contribution in [-0.2, 0) is 15.6 Å². The molecule has 0 N–H and O–H groups in total. The van der Waals surface area contributed by atoms with Crippen LogP contribution >= 0.6 is 23.1 Å². The van der Waals surface area contributed by atoms with Crippen LogP contribution in [0, 0.1) is 0 Å². The van der Waals surface area contributed by atoms with E-state index in [4.69, 9.17) is 4.98 Å². The summed E-state index contributed by atoms with van der Waals surface area (Å²) in [5.41, 5.74) is 5.81. The van der Waals surface area contributed by atoms with Crippen molar-refractivity contribution in [3.63, 3.8) is 0 Å². The van der Waals surface area contributed by atoms with Crippen LogP contribution in [0.2, 0.25) is 0 Å². The van der Waals surface area contributed by atoms with E-state index in [2.05, 4.69) is 61.1 Å². The summed E-state index contributed by atoms with van der Waals surface area (Å²) >= 11 is 3.11. The molecule has 1 aromatic carbocycles. The van der Waals surface area contributed by atoms with E-state index >= 15 is 0 Å². The third kappa shape index (κ3) is 5.07. The average Bonchev–Trinajstić information content (AvgIpc) is 3.27. The standard InChI is InChI=1S/C26H37N3OS2/c1-25(2)10-11-26(3,4)21-17-19(8-9-20(21)25)22-18-32-24(27-22)29-15-13-28(14-16-29)12-6-7-23(30)31-5/h8-9,17-18H,6-7,10-16H2,1-5H3. The predicted molar refractivity (Wildman–Crippen MR) is 139 cm³/mol. The molecule has 1 fully saturated rings. The number of rotatable bonds is 6. The van der Waals surface area contributed by atoms with Crippen molar-refractivity contribution < 1.29 is 4.79 Å². The molecule has 0 unspecified atom stereocenters. The molecular weight excluding hydrogens is 434 g/mol. The molecule has 2 aliphatic rings. The van der Waals surface area contributed by atoms with Gasteiger partial charge in [0.25, 0.3) is 0 Å². The minimum Gasteiger partial charge on any atom is -0.346 e. The normalized spacial score (nSPS) is 20.2. The van der Waals surface area contributed by atoms with Gasteiger partial charge in [0.1, 0.15) is 0 Å². The van der Waals surface area contributed by atoms with Crippen molar-refractivity contribution in [1.29, 1.82) is 0 Å². The van der Waals surface area contributed by atoms with E-state index in [9.17, 15) is 4.79 Å². The SMILES string of the molecule is CSC(=O)CCCN1CCN(c2nc(-c3ccc4c(c3)C(C)(C)CCC4(C)C)cs2)CC1. The maximum absolute atomic E-state index is 11.5. The Bertz CT molecular complexity index is 958. The van der Waals surface area contributed by atoms with Gasteiger partial charge in [-0.3, -0.25) is 9.69 Å². The average molecular weight is 472 g/mol. The molecule has 1 aliphatic heterocycles. The van der Waals surface area contributed by atoms with Crippen molar-refractivity contribution in [2.24, 2.45) is 0 Å². The first-order valence-electron chi connectivity index (χ1n) is 11.8. The molecule has 6 heteroatoms. The van der Waals surface area contributed by atoms with Crippen LogP contribution in [0.25, 0.3) is 11.3 Å². The van der Waals surface area contributed by atoms with E-state index in [1.54, 1.807) is 11.3 Å². The maximum atomic E-state index is 11.5. The lowest BCUT2D eigenvalue weighted by Crippen LogP contribution is -2.46. The zero-order valence-corrected chi connectivity index (χ0v) is 21.9. The van der Waals surface area contributed by atoms with Gasteiger partial charge in [-0.25, -0.2) is 4.98 Å². The first-order chi connectivity index (χ1) is 15.2. The summed E-state index contributed by atoms with van der Waals surface area (Å²) < 4.78 is 0. The minimum atomic E-state index is 0.219. The van der Waals surface area contributed by atoms with Gasteiger partial charge in [-0.15, -0.1) is 11.3 Å².